The number of carbonyl (C=O) groups excluding carboxylic acids is 1. The van der Waals surface area contributed by atoms with Crippen LogP contribution in [0.3, 0.4) is 0 Å². The van der Waals surface area contributed by atoms with Crippen LogP contribution in [0.15, 0.2) is 29.2 Å². The molecule has 2 rings (SSSR count). The van der Waals surface area contributed by atoms with Gasteiger partial charge in [0.1, 0.15) is 0 Å². The fourth-order valence-electron chi connectivity index (χ4n) is 1.75. The zero-order valence-electron chi connectivity index (χ0n) is 9.70. The van der Waals surface area contributed by atoms with E-state index in [4.69, 9.17) is 4.74 Å². The molecule has 1 aromatic rings. The minimum absolute atomic E-state index is 0.177. The van der Waals surface area contributed by atoms with Gasteiger partial charge in [0.2, 0.25) is 16.4 Å². The highest BCUT2D eigenvalue weighted by Crippen LogP contribution is 2.20. The van der Waals surface area contributed by atoms with Gasteiger partial charge in [-0.1, -0.05) is 6.07 Å². The molecule has 0 unspecified atom stereocenters. The van der Waals surface area contributed by atoms with Gasteiger partial charge in [-0.15, -0.1) is 0 Å². The molecule has 1 saturated heterocycles. The van der Waals surface area contributed by atoms with Gasteiger partial charge >= 0.3 is 0 Å². The lowest BCUT2D eigenvalue weighted by atomic mass is 10.3. The summed E-state index contributed by atoms with van der Waals surface area (Å²) in [5.74, 6) is 0. The van der Waals surface area contributed by atoms with Crippen molar-refractivity contribution in [3.8, 4) is 0 Å². The standard InChI is InChI=1S/C11H14N2O4S/c14-9-12-10-2-1-3-11(8-10)18(15,16)13-4-6-17-7-5-13/h1-3,8-9H,4-7H2,(H,12,14). The van der Waals surface area contributed by atoms with Crippen molar-refractivity contribution in [3.05, 3.63) is 24.3 Å². The number of sulfonamides is 1. The number of amides is 1. The summed E-state index contributed by atoms with van der Waals surface area (Å²) in [6.07, 6.45) is 0.514. The highest BCUT2D eigenvalue weighted by molar-refractivity contribution is 7.89. The van der Waals surface area contributed by atoms with E-state index < -0.39 is 10.0 Å². The van der Waals surface area contributed by atoms with E-state index in [0.717, 1.165) is 0 Å². The number of benzene rings is 1. The highest BCUT2D eigenvalue weighted by Gasteiger charge is 2.26. The number of nitrogens with zero attached hydrogens (tertiary/aromatic N) is 1. The molecule has 98 valence electrons. The summed E-state index contributed by atoms with van der Waals surface area (Å²) < 4.78 is 31.1. The molecule has 18 heavy (non-hydrogen) atoms. The molecule has 0 aromatic heterocycles. The summed E-state index contributed by atoms with van der Waals surface area (Å²) in [5.41, 5.74) is 0.458. The maximum absolute atomic E-state index is 12.3. The fraction of sp³-hybridized carbons (Fsp3) is 0.364. The Morgan fingerprint density at radius 2 is 2.00 bits per heavy atom. The van der Waals surface area contributed by atoms with Crippen molar-refractivity contribution in [2.75, 3.05) is 31.6 Å². The Labute approximate surface area is 106 Å². The number of carbonyl (C=O) groups is 1. The van der Waals surface area contributed by atoms with Crippen LogP contribution in [0.4, 0.5) is 5.69 Å². The Morgan fingerprint density at radius 3 is 2.67 bits per heavy atom. The second kappa shape index (κ2) is 5.47. The van der Waals surface area contributed by atoms with Crippen molar-refractivity contribution in [1.82, 2.24) is 4.31 Å². The van der Waals surface area contributed by atoms with Crippen LogP contribution < -0.4 is 5.32 Å². The first-order valence-electron chi connectivity index (χ1n) is 5.53. The Bertz CT molecular complexity index is 524. The third-order valence-electron chi connectivity index (χ3n) is 2.67. The molecule has 0 radical (unpaired) electrons. The van der Waals surface area contributed by atoms with Crippen LogP contribution in [0, 0.1) is 0 Å². The highest BCUT2D eigenvalue weighted by atomic mass is 32.2. The maximum atomic E-state index is 12.3. The van der Waals surface area contributed by atoms with E-state index in [9.17, 15) is 13.2 Å². The van der Waals surface area contributed by atoms with Gasteiger partial charge in [-0.25, -0.2) is 8.42 Å². The van der Waals surface area contributed by atoms with Gasteiger partial charge in [0.25, 0.3) is 0 Å². The molecule has 0 spiro atoms. The number of anilines is 1. The summed E-state index contributed by atoms with van der Waals surface area (Å²) in [6.45, 7) is 1.53. The van der Waals surface area contributed by atoms with Crippen LogP contribution in [0.2, 0.25) is 0 Å². The number of morpholine rings is 1. The van der Waals surface area contributed by atoms with Crippen molar-refractivity contribution in [2.24, 2.45) is 0 Å². The molecule has 1 heterocycles. The summed E-state index contributed by atoms with van der Waals surface area (Å²) in [7, 11) is -3.51. The first-order valence-corrected chi connectivity index (χ1v) is 6.97. The average Bonchev–Trinajstić information content (AvgIpc) is 2.40. The predicted molar refractivity (Wildman–Crippen MR) is 65.7 cm³/mol. The van der Waals surface area contributed by atoms with E-state index in [1.54, 1.807) is 12.1 Å². The van der Waals surface area contributed by atoms with Crippen molar-refractivity contribution in [2.45, 2.75) is 4.90 Å². The molecule has 0 atom stereocenters. The molecule has 0 aliphatic carbocycles. The fourth-order valence-corrected chi connectivity index (χ4v) is 3.20. The average molecular weight is 270 g/mol. The molecular formula is C11H14N2O4S. The number of nitrogens with one attached hydrogen (secondary N) is 1. The summed E-state index contributed by atoms with van der Waals surface area (Å²) >= 11 is 0. The lowest BCUT2D eigenvalue weighted by Crippen LogP contribution is -2.40. The molecule has 1 amide bonds. The van der Waals surface area contributed by atoms with Gasteiger partial charge < -0.3 is 10.1 Å². The third-order valence-corrected chi connectivity index (χ3v) is 4.56. The molecule has 1 N–H and O–H groups in total. The van der Waals surface area contributed by atoms with E-state index in [1.807, 2.05) is 0 Å². The minimum atomic E-state index is -3.51. The van der Waals surface area contributed by atoms with E-state index in [1.165, 1.54) is 16.4 Å². The van der Waals surface area contributed by atoms with Gasteiger partial charge in [-0.05, 0) is 18.2 Å². The summed E-state index contributed by atoms with van der Waals surface area (Å²) in [6, 6.07) is 6.19. The van der Waals surface area contributed by atoms with Crippen LogP contribution in [0.25, 0.3) is 0 Å². The lowest BCUT2D eigenvalue weighted by Gasteiger charge is -2.26. The van der Waals surface area contributed by atoms with Crippen molar-refractivity contribution in [3.63, 3.8) is 0 Å². The number of hydrogen-bond donors (Lipinski definition) is 1. The predicted octanol–water partition coefficient (Wildman–Crippen LogP) is 0.276. The molecule has 1 fully saturated rings. The molecular weight excluding hydrogens is 256 g/mol. The SMILES string of the molecule is O=CNc1cccc(S(=O)(=O)N2CCOCC2)c1. The Balaban J connectivity index is 2.28. The zero-order chi connectivity index (χ0) is 13.0. The Morgan fingerprint density at radius 1 is 1.28 bits per heavy atom. The van der Waals surface area contributed by atoms with Crippen LogP contribution in [0.5, 0.6) is 0 Å². The van der Waals surface area contributed by atoms with Gasteiger partial charge in [-0.2, -0.15) is 4.31 Å². The van der Waals surface area contributed by atoms with Crippen molar-refractivity contribution >= 4 is 22.1 Å². The number of hydrogen-bond acceptors (Lipinski definition) is 4. The second-order valence-corrected chi connectivity index (χ2v) is 5.74. The first kappa shape index (κ1) is 13.0. The van der Waals surface area contributed by atoms with Gasteiger partial charge in [0.05, 0.1) is 18.1 Å². The number of rotatable bonds is 4. The monoisotopic (exact) mass is 270 g/mol. The number of ether oxygens (including phenoxy) is 1. The van der Waals surface area contributed by atoms with Gasteiger partial charge in [0, 0.05) is 18.8 Å². The molecule has 1 aliphatic rings. The summed E-state index contributed by atoms with van der Waals surface area (Å²) in [4.78, 5) is 10.5. The first-order chi connectivity index (χ1) is 8.64. The van der Waals surface area contributed by atoms with Crippen LogP contribution in [0.1, 0.15) is 0 Å². The van der Waals surface area contributed by atoms with E-state index >= 15 is 0 Å². The largest absolute Gasteiger partial charge is 0.379 e. The Kier molecular flexibility index (Phi) is 3.95. The van der Waals surface area contributed by atoms with E-state index in [2.05, 4.69) is 5.32 Å². The molecule has 1 aliphatic heterocycles. The maximum Gasteiger partial charge on any atom is 0.243 e. The molecule has 0 saturated carbocycles. The minimum Gasteiger partial charge on any atom is -0.379 e. The van der Waals surface area contributed by atoms with Gasteiger partial charge in [-0.3, -0.25) is 4.79 Å². The molecule has 7 heteroatoms. The second-order valence-electron chi connectivity index (χ2n) is 3.81. The Hall–Kier alpha value is -1.44. The van der Waals surface area contributed by atoms with Gasteiger partial charge in [0.15, 0.2) is 0 Å². The van der Waals surface area contributed by atoms with Crippen LogP contribution in [-0.4, -0.2) is 45.4 Å². The smallest absolute Gasteiger partial charge is 0.243 e. The molecule has 0 bridgehead atoms. The zero-order valence-corrected chi connectivity index (χ0v) is 10.5. The summed E-state index contributed by atoms with van der Waals surface area (Å²) in [5, 5.41) is 2.43. The third kappa shape index (κ3) is 2.69. The van der Waals surface area contributed by atoms with E-state index in [-0.39, 0.29) is 4.90 Å². The topological polar surface area (TPSA) is 75.7 Å². The van der Waals surface area contributed by atoms with Crippen molar-refractivity contribution < 1.29 is 17.9 Å². The molecule has 6 nitrogen and oxygen atoms in total. The van der Waals surface area contributed by atoms with Crippen molar-refractivity contribution in [1.29, 1.82) is 0 Å². The normalized spacial score (nSPS) is 17.3. The lowest BCUT2D eigenvalue weighted by molar-refractivity contribution is -0.105. The van der Waals surface area contributed by atoms with E-state index in [0.29, 0.717) is 38.4 Å². The quantitative estimate of drug-likeness (QED) is 0.797. The van der Waals surface area contributed by atoms with Crippen LogP contribution >= 0.6 is 0 Å². The van der Waals surface area contributed by atoms with Crippen LogP contribution in [-0.2, 0) is 19.6 Å². The molecule has 1 aromatic carbocycles.